The highest BCUT2D eigenvalue weighted by Gasteiger charge is 2.65. The van der Waals surface area contributed by atoms with Crippen LogP contribution in [0.25, 0.3) is 0 Å². The zero-order valence-corrected chi connectivity index (χ0v) is 15.1. The summed E-state index contributed by atoms with van der Waals surface area (Å²) in [6.07, 6.45) is -30.8. The van der Waals surface area contributed by atoms with Crippen LogP contribution in [-0.4, -0.2) is 79.1 Å². The molecule has 0 saturated carbocycles. The zero-order valence-electron chi connectivity index (χ0n) is 15.1. The normalized spacial score (nSPS) is 32.3. The Morgan fingerprint density at radius 1 is 0.733 bits per heavy atom. The van der Waals surface area contributed by atoms with Gasteiger partial charge >= 0.3 is 24.2 Å². The fourth-order valence-electron chi connectivity index (χ4n) is 3.33. The third kappa shape index (κ3) is 5.09. The quantitative estimate of drug-likeness (QED) is 0.431. The molecule has 2 aliphatic rings. The number of hydrogen-bond acceptors (Lipinski definition) is 3. The van der Waals surface area contributed by atoms with Crippen molar-refractivity contribution in [2.24, 2.45) is 0 Å². The summed E-state index contributed by atoms with van der Waals surface area (Å²) in [6, 6.07) is 0. The summed E-state index contributed by atoms with van der Waals surface area (Å²) in [7, 11) is 0. The molecule has 0 aliphatic carbocycles. The largest absolute Gasteiger partial charge is 0.425 e. The van der Waals surface area contributed by atoms with Crippen LogP contribution < -0.4 is 0 Å². The summed E-state index contributed by atoms with van der Waals surface area (Å²) in [5.74, 6) is -9.88. The smallest absolute Gasteiger partial charge is 0.363 e. The van der Waals surface area contributed by atoms with Crippen molar-refractivity contribution in [1.82, 2.24) is 4.90 Å². The Kier molecular flexibility index (Phi) is 6.91. The number of alkyl halides is 12. The molecule has 2 saturated heterocycles. The molecule has 3 nitrogen and oxygen atoms in total. The predicted octanol–water partition coefficient (Wildman–Crippen LogP) is 4.65. The first kappa shape index (κ1) is 25.3. The van der Waals surface area contributed by atoms with Crippen LogP contribution in [0.2, 0.25) is 0 Å². The van der Waals surface area contributed by atoms with Gasteiger partial charge in [0.2, 0.25) is 6.30 Å². The van der Waals surface area contributed by atoms with Gasteiger partial charge in [-0.25, -0.2) is 17.6 Å². The van der Waals surface area contributed by atoms with E-state index in [0.717, 1.165) is 6.92 Å². The molecule has 0 radical (unpaired) electrons. The van der Waals surface area contributed by atoms with Crippen LogP contribution in [-0.2, 0) is 9.47 Å². The van der Waals surface area contributed by atoms with E-state index in [1.807, 2.05) is 0 Å². The third-order valence-electron chi connectivity index (χ3n) is 4.80. The predicted molar refractivity (Wildman–Crippen MR) is 75.6 cm³/mol. The summed E-state index contributed by atoms with van der Waals surface area (Å²) in [5.41, 5.74) is 0. The Hall–Kier alpha value is -0.960. The van der Waals surface area contributed by atoms with Gasteiger partial charge in [0.15, 0.2) is 6.10 Å². The highest BCUT2D eigenvalue weighted by Crippen LogP contribution is 2.46. The Bertz CT molecular complexity index is 595. The lowest BCUT2D eigenvalue weighted by Crippen LogP contribution is -2.60. The minimum Gasteiger partial charge on any atom is -0.363 e. The first-order chi connectivity index (χ1) is 13.4. The van der Waals surface area contributed by atoms with E-state index in [1.54, 1.807) is 0 Å². The van der Waals surface area contributed by atoms with E-state index in [2.05, 4.69) is 9.47 Å². The van der Waals surface area contributed by atoms with Gasteiger partial charge in [-0.2, -0.15) is 35.1 Å². The molecule has 2 fully saturated rings. The molecular formula is C15H17F12NO2. The SMILES string of the molecule is CC1CN(C(F)C(F)(F)C2CCC(C(F)(F)C(F)C(F)(F)F)O2)CC(C(F)(F)F)O1. The van der Waals surface area contributed by atoms with Gasteiger partial charge in [0, 0.05) is 13.1 Å². The molecule has 0 bridgehead atoms. The van der Waals surface area contributed by atoms with Gasteiger partial charge in [-0.1, -0.05) is 0 Å². The number of ether oxygens (including phenoxy) is 2. The number of rotatable bonds is 5. The Labute approximate surface area is 162 Å². The monoisotopic (exact) mass is 471 g/mol. The van der Waals surface area contributed by atoms with Crippen molar-refractivity contribution >= 4 is 0 Å². The molecular weight excluding hydrogens is 454 g/mol. The second-order valence-corrected chi connectivity index (χ2v) is 7.21. The van der Waals surface area contributed by atoms with Gasteiger partial charge in [-0.3, -0.25) is 4.90 Å². The van der Waals surface area contributed by atoms with Gasteiger partial charge in [-0.15, -0.1) is 0 Å². The van der Waals surface area contributed by atoms with E-state index in [0.29, 0.717) is 0 Å². The Morgan fingerprint density at radius 2 is 1.23 bits per heavy atom. The second kappa shape index (κ2) is 8.19. The fourth-order valence-corrected chi connectivity index (χ4v) is 3.33. The molecule has 30 heavy (non-hydrogen) atoms. The highest BCUT2D eigenvalue weighted by atomic mass is 19.4. The number of halogens is 12. The van der Waals surface area contributed by atoms with Crippen molar-refractivity contribution in [1.29, 1.82) is 0 Å². The van der Waals surface area contributed by atoms with E-state index in [9.17, 15) is 52.7 Å². The van der Waals surface area contributed by atoms with Crippen molar-refractivity contribution in [3.63, 3.8) is 0 Å². The molecule has 0 aromatic heterocycles. The van der Waals surface area contributed by atoms with E-state index in [1.165, 1.54) is 0 Å². The van der Waals surface area contributed by atoms with Crippen LogP contribution in [0.5, 0.6) is 0 Å². The lowest BCUT2D eigenvalue weighted by molar-refractivity contribution is -0.290. The maximum atomic E-state index is 14.5. The summed E-state index contributed by atoms with van der Waals surface area (Å²) < 4.78 is 168. The fraction of sp³-hybridized carbons (Fsp3) is 1.00. The van der Waals surface area contributed by atoms with Crippen LogP contribution in [0.15, 0.2) is 0 Å². The molecule has 0 spiro atoms. The number of morpholine rings is 1. The molecule has 0 aromatic rings. The lowest BCUT2D eigenvalue weighted by Gasteiger charge is -2.41. The average Bonchev–Trinajstić information content (AvgIpc) is 3.10. The van der Waals surface area contributed by atoms with Crippen molar-refractivity contribution in [2.45, 2.75) is 80.8 Å². The van der Waals surface area contributed by atoms with Crippen molar-refractivity contribution in [3.05, 3.63) is 0 Å². The highest BCUT2D eigenvalue weighted by molar-refractivity contribution is 4.98. The van der Waals surface area contributed by atoms with Crippen molar-refractivity contribution in [3.8, 4) is 0 Å². The molecule has 2 heterocycles. The summed E-state index contributed by atoms with van der Waals surface area (Å²) in [5, 5.41) is 0. The maximum Gasteiger partial charge on any atom is 0.425 e. The summed E-state index contributed by atoms with van der Waals surface area (Å²) in [6.45, 7) is -0.954. The molecule has 178 valence electrons. The second-order valence-electron chi connectivity index (χ2n) is 7.21. The maximum absolute atomic E-state index is 14.5. The topological polar surface area (TPSA) is 21.7 Å². The van der Waals surface area contributed by atoms with Crippen molar-refractivity contribution in [2.75, 3.05) is 13.1 Å². The standard InChI is InChI=1S/C15H17F12NO2/c1-6-4-28(5-9(29-6)14(22,23)24)11(17)13(20,21)8-3-2-7(30-8)12(18,19)10(16)15(25,26)27/h6-11H,2-5H2,1H3. The van der Waals surface area contributed by atoms with Crippen LogP contribution in [0.3, 0.4) is 0 Å². The molecule has 0 amide bonds. The van der Waals surface area contributed by atoms with Crippen LogP contribution in [0.4, 0.5) is 52.7 Å². The van der Waals surface area contributed by atoms with Crippen LogP contribution in [0, 0.1) is 0 Å². The third-order valence-corrected chi connectivity index (χ3v) is 4.80. The Morgan fingerprint density at radius 3 is 1.70 bits per heavy atom. The zero-order chi connectivity index (χ0) is 23.3. The average molecular weight is 471 g/mol. The van der Waals surface area contributed by atoms with Crippen molar-refractivity contribution < 1.29 is 62.2 Å². The van der Waals surface area contributed by atoms with Crippen LogP contribution >= 0.6 is 0 Å². The minimum atomic E-state index is -5.99. The molecule has 15 heteroatoms. The lowest BCUT2D eigenvalue weighted by atomic mass is 10.0. The Balaban J connectivity index is 2.12. The van der Waals surface area contributed by atoms with Gasteiger partial charge in [0.1, 0.15) is 12.2 Å². The van der Waals surface area contributed by atoms with Gasteiger partial charge in [-0.05, 0) is 19.8 Å². The van der Waals surface area contributed by atoms with E-state index < -0.39 is 87.0 Å². The van der Waals surface area contributed by atoms with E-state index in [4.69, 9.17) is 0 Å². The van der Waals surface area contributed by atoms with E-state index >= 15 is 0 Å². The van der Waals surface area contributed by atoms with Gasteiger partial charge in [0.25, 0.3) is 6.17 Å². The number of nitrogens with zero attached hydrogens (tertiary/aromatic N) is 1. The molecule has 6 unspecified atom stereocenters. The summed E-state index contributed by atoms with van der Waals surface area (Å²) in [4.78, 5) is 0.0921. The van der Waals surface area contributed by atoms with E-state index in [-0.39, 0.29) is 4.90 Å². The molecule has 6 atom stereocenters. The van der Waals surface area contributed by atoms with Gasteiger partial charge in [0.05, 0.1) is 6.10 Å². The number of hydrogen-bond donors (Lipinski definition) is 0. The molecule has 0 aromatic carbocycles. The minimum absolute atomic E-state index is 0.0921. The molecule has 2 rings (SSSR count). The molecule has 0 N–H and O–H groups in total. The van der Waals surface area contributed by atoms with Gasteiger partial charge < -0.3 is 9.47 Å². The first-order valence-electron chi connectivity index (χ1n) is 8.60. The first-order valence-corrected chi connectivity index (χ1v) is 8.60. The molecule has 2 aliphatic heterocycles. The van der Waals surface area contributed by atoms with Crippen LogP contribution in [0.1, 0.15) is 19.8 Å². The summed E-state index contributed by atoms with van der Waals surface area (Å²) >= 11 is 0.